The molecule has 21 heavy (non-hydrogen) atoms. The number of rotatable bonds is 6. The first-order valence-corrected chi connectivity index (χ1v) is 9.38. The summed E-state index contributed by atoms with van der Waals surface area (Å²) >= 11 is 1.22. The van der Waals surface area contributed by atoms with Gasteiger partial charge in [0.1, 0.15) is 4.21 Å². The predicted octanol–water partition coefficient (Wildman–Crippen LogP) is 1.22. The molecule has 1 saturated carbocycles. The van der Waals surface area contributed by atoms with E-state index in [1.54, 1.807) is 24.6 Å². The van der Waals surface area contributed by atoms with Crippen molar-refractivity contribution in [3.63, 3.8) is 0 Å². The van der Waals surface area contributed by atoms with E-state index in [1.165, 1.54) is 28.5 Å². The molecule has 2 rings (SSSR count). The van der Waals surface area contributed by atoms with Crippen LogP contribution in [0.25, 0.3) is 0 Å². The van der Waals surface area contributed by atoms with Gasteiger partial charge in [-0.25, -0.2) is 8.42 Å². The van der Waals surface area contributed by atoms with Crippen LogP contribution in [0.15, 0.2) is 26.7 Å². The van der Waals surface area contributed by atoms with Crippen LogP contribution >= 0.6 is 11.3 Å². The van der Waals surface area contributed by atoms with Crippen molar-refractivity contribution in [2.24, 2.45) is 10.7 Å². The first-order chi connectivity index (χ1) is 10.00. The average Bonchev–Trinajstić information content (AvgIpc) is 3.11. The van der Waals surface area contributed by atoms with Crippen LogP contribution in [0.2, 0.25) is 0 Å². The number of nitrogens with two attached hydrogens (primary N) is 1. The molecule has 0 spiro atoms. The second kappa shape index (κ2) is 7.24. The molecule has 1 heterocycles. The van der Waals surface area contributed by atoms with Crippen LogP contribution in [-0.4, -0.2) is 44.9 Å². The van der Waals surface area contributed by atoms with E-state index in [0.717, 1.165) is 12.8 Å². The van der Waals surface area contributed by atoms with E-state index < -0.39 is 10.0 Å². The highest BCUT2D eigenvalue weighted by atomic mass is 32.2. The molecule has 8 heteroatoms. The number of thiophene rings is 1. The molecule has 0 aromatic carbocycles. The zero-order valence-electron chi connectivity index (χ0n) is 12.2. The fourth-order valence-corrected chi connectivity index (χ4v) is 4.68. The third-order valence-corrected chi connectivity index (χ3v) is 6.79. The van der Waals surface area contributed by atoms with Crippen molar-refractivity contribution in [2.45, 2.75) is 35.9 Å². The number of sulfonamides is 1. The number of hydrogen-bond acceptors (Lipinski definition) is 4. The monoisotopic (exact) mass is 330 g/mol. The van der Waals surface area contributed by atoms with E-state index in [0.29, 0.717) is 29.3 Å². The standard InChI is InChI=1S/C13H22N4O2S2/c1-17(21(18,19)12-7-4-10-20-12)9-8-15-13(14)16-11-5-2-3-6-11/h4,7,10-11H,2-3,5-6,8-9H2,1H3,(H3,14,15,16). The Bertz CT molecular complexity index is 563. The topological polar surface area (TPSA) is 87.8 Å². The summed E-state index contributed by atoms with van der Waals surface area (Å²) in [5, 5.41) is 4.93. The molecular weight excluding hydrogens is 308 g/mol. The summed E-state index contributed by atoms with van der Waals surface area (Å²) in [7, 11) is -1.83. The number of likely N-dealkylation sites (N-methyl/N-ethyl adjacent to an activating group) is 1. The van der Waals surface area contributed by atoms with Gasteiger partial charge in [0.05, 0.1) is 6.54 Å². The van der Waals surface area contributed by atoms with Gasteiger partial charge in [-0.1, -0.05) is 18.9 Å². The molecule has 0 bridgehead atoms. The molecule has 0 radical (unpaired) electrons. The quantitative estimate of drug-likeness (QED) is 0.606. The highest BCUT2D eigenvalue weighted by Gasteiger charge is 2.21. The Morgan fingerprint density at radius 1 is 1.52 bits per heavy atom. The van der Waals surface area contributed by atoms with E-state index in [2.05, 4.69) is 10.3 Å². The minimum atomic E-state index is -3.39. The number of hydrogen-bond donors (Lipinski definition) is 2. The van der Waals surface area contributed by atoms with Crippen LogP contribution in [0.3, 0.4) is 0 Å². The largest absolute Gasteiger partial charge is 0.370 e. The number of aliphatic imine (C=N–C) groups is 1. The summed E-state index contributed by atoms with van der Waals surface area (Å²) in [6.07, 6.45) is 4.71. The summed E-state index contributed by atoms with van der Waals surface area (Å²) in [5.41, 5.74) is 5.82. The van der Waals surface area contributed by atoms with Crippen LogP contribution in [0.5, 0.6) is 0 Å². The van der Waals surface area contributed by atoms with E-state index in [4.69, 9.17) is 5.73 Å². The average molecular weight is 330 g/mol. The minimum Gasteiger partial charge on any atom is -0.370 e. The van der Waals surface area contributed by atoms with Gasteiger partial charge in [0.2, 0.25) is 0 Å². The third kappa shape index (κ3) is 4.42. The number of nitrogens with one attached hydrogen (secondary N) is 1. The van der Waals surface area contributed by atoms with Crippen molar-refractivity contribution < 1.29 is 8.42 Å². The fraction of sp³-hybridized carbons (Fsp3) is 0.615. The zero-order chi connectivity index (χ0) is 15.3. The van der Waals surface area contributed by atoms with Gasteiger partial charge < -0.3 is 11.1 Å². The maximum absolute atomic E-state index is 12.2. The van der Waals surface area contributed by atoms with Crippen molar-refractivity contribution in [1.82, 2.24) is 9.62 Å². The van der Waals surface area contributed by atoms with Gasteiger partial charge in [-0.2, -0.15) is 4.31 Å². The number of nitrogens with zero attached hydrogens (tertiary/aromatic N) is 2. The molecule has 0 saturated heterocycles. The summed E-state index contributed by atoms with van der Waals surface area (Å²) < 4.78 is 26.0. The van der Waals surface area contributed by atoms with Crippen LogP contribution in [0, 0.1) is 0 Å². The zero-order valence-corrected chi connectivity index (χ0v) is 13.8. The molecule has 1 aliphatic rings. The van der Waals surface area contributed by atoms with E-state index in [-0.39, 0.29) is 0 Å². The molecule has 1 aromatic heterocycles. The van der Waals surface area contributed by atoms with Gasteiger partial charge >= 0.3 is 0 Å². The summed E-state index contributed by atoms with van der Waals surface area (Å²) in [6, 6.07) is 3.75. The lowest BCUT2D eigenvalue weighted by molar-refractivity contribution is 0.478. The molecule has 1 fully saturated rings. The molecule has 1 aromatic rings. The molecule has 0 unspecified atom stereocenters. The Hall–Kier alpha value is -1.12. The molecular formula is C13H22N4O2S2. The van der Waals surface area contributed by atoms with Gasteiger partial charge in [-0.15, -0.1) is 11.3 Å². The van der Waals surface area contributed by atoms with Crippen molar-refractivity contribution in [3.05, 3.63) is 17.5 Å². The molecule has 118 valence electrons. The molecule has 3 N–H and O–H groups in total. The minimum absolute atomic E-state index is 0.313. The molecule has 0 amide bonds. The van der Waals surface area contributed by atoms with Crippen LogP contribution in [-0.2, 0) is 10.0 Å². The lowest BCUT2D eigenvalue weighted by Crippen LogP contribution is -2.39. The molecule has 6 nitrogen and oxygen atoms in total. The SMILES string of the molecule is CN(CCN=C(N)NC1CCCC1)S(=O)(=O)c1cccs1. The van der Waals surface area contributed by atoms with Crippen LogP contribution < -0.4 is 11.1 Å². The Kier molecular flexibility index (Phi) is 5.60. The molecule has 1 aliphatic carbocycles. The Labute approximate surface area is 130 Å². The summed E-state index contributed by atoms with van der Waals surface area (Å²) in [5.74, 6) is 0.406. The van der Waals surface area contributed by atoms with E-state index in [1.807, 2.05) is 0 Å². The molecule has 0 atom stereocenters. The van der Waals surface area contributed by atoms with Crippen LogP contribution in [0.4, 0.5) is 0 Å². The Morgan fingerprint density at radius 2 is 2.24 bits per heavy atom. The molecule has 0 aliphatic heterocycles. The van der Waals surface area contributed by atoms with Gasteiger partial charge in [0.15, 0.2) is 5.96 Å². The van der Waals surface area contributed by atoms with Gasteiger partial charge in [0, 0.05) is 19.6 Å². The summed E-state index contributed by atoms with van der Waals surface area (Å²) in [6.45, 7) is 0.667. The maximum atomic E-state index is 12.2. The van der Waals surface area contributed by atoms with E-state index in [9.17, 15) is 8.42 Å². The number of guanidine groups is 1. The maximum Gasteiger partial charge on any atom is 0.252 e. The Balaban J connectivity index is 1.82. The first kappa shape index (κ1) is 16.3. The second-order valence-corrected chi connectivity index (χ2v) is 8.37. The van der Waals surface area contributed by atoms with E-state index >= 15 is 0 Å². The van der Waals surface area contributed by atoms with Gasteiger partial charge in [-0.05, 0) is 24.3 Å². The van der Waals surface area contributed by atoms with Crippen molar-refractivity contribution >= 4 is 27.3 Å². The van der Waals surface area contributed by atoms with Crippen LogP contribution in [0.1, 0.15) is 25.7 Å². The highest BCUT2D eigenvalue weighted by molar-refractivity contribution is 7.91. The summed E-state index contributed by atoms with van der Waals surface area (Å²) in [4.78, 5) is 4.20. The lowest BCUT2D eigenvalue weighted by atomic mass is 10.2. The fourth-order valence-electron chi connectivity index (χ4n) is 2.32. The van der Waals surface area contributed by atoms with Gasteiger partial charge in [-0.3, -0.25) is 4.99 Å². The van der Waals surface area contributed by atoms with Crippen molar-refractivity contribution in [3.8, 4) is 0 Å². The highest BCUT2D eigenvalue weighted by Crippen LogP contribution is 2.19. The first-order valence-electron chi connectivity index (χ1n) is 7.06. The Morgan fingerprint density at radius 3 is 2.86 bits per heavy atom. The van der Waals surface area contributed by atoms with Gasteiger partial charge in [0.25, 0.3) is 10.0 Å². The third-order valence-electron chi connectivity index (χ3n) is 3.56. The lowest BCUT2D eigenvalue weighted by Gasteiger charge is -2.15. The smallest absolute Gasteiger partial charge is 0.252 e. The van der Waals surface area contributed by atoms with Crippen molar-refractivity contribution in [1.29, 1.82) is 0 Å². The van der Waals surface area contributed by atoms with Crippen molar-refractivity contribution in [2.75, 3.05) is 20.1 Å². The normalized spacial score (nSPS) is 17.5. The predicted molar refractivity (Wildman–Crippen MR) is 86.0 cm³/mol. The second-order valence-electron chi connectivity index (χ2n) is 5.15.